The molecule has 0 atom stereocenters. The second-order valence-electron chi connectivity index (χ2n) is 2.97. The minimum absolute atomic E-state index is 0.0105. The Bertz CT molecular complexity index is 502. The molecule has 0 aromatic heterocycles. The molecule has 0 aliphatic heterocycles. The van der Waals surface area contributed by atoms with E-state index in [-0.39, 0.29) is 11.2 Å². The molecule has 0 saturated carbocycles. The van der Waals surface area contributed by atoms with Crippen LogP contribution in [0.15, 0.2) is 45.7 Å². The Morgan fingerprint density at radius 1 is 1.07 bits per heavy atom. The van der Waals surface area contributed by atoms with Crippen LogP contribution in [0.5, 0.6) is 5.75 Å². The molecule has 2 nitrogen and oxygen atoms in total. The van der Waals surface area contributed by atoms with Crippen molar-refractivity contribution in [2.75, 3.05) is 0 Å². The average Bonchev–Trinajstić information content (AvgIpc) is 2.26. The zero-order chi connectivity index (χ0) is 10.1. The smallest absolute Gasteiger partial charge is 0.183 e. The standard InChI is InChI=1S/C11H7BrO2/c12-10-5-7(13)6-11(14)9-4-2-1-3-8(9)10/h1-6,14H. The van der Waals surface area contributed by atoms with Gasteiger partial charge in [-0.3, -0.25) is 4.79 Å². The zero-order valence-electron chi connectivity index (χ0n) is 7.20. The fourth-order valence-electron chi connectivity index (χ4n) is 1.37. The number of benzene rings is 1. The monoisotopic (exact) mass is 250 g/mol. The van der Waals surface area contributed by atoms with Gasteiger partial charge >= 0.3 is 0 Å². The number of hydrogen-bond acceptors (Lipinski definition) is 2. The van der Waals surface area contributed by atoms with Gasteiger partial charge in [-0.1, -0.05) is 40.2 Å². The molecule has 0 aliphatic rings. The lowest BCUT2D eigenvalue weighted by Crippen LogP contribution is -1.89. The van der Waals surface area contributed by atoms with E-state index in [1.807, 2.05) is 18.2 Å². The van der Waals surface area contributed by atoms with Gasteiger partial charge in [0.2, 0.25) is 0 Å². The van der Waals surface area contributed by atoms with Crippen LogP contribution in [-0.4, -0.2) is 5.11 Å². The number of hydrogen-bond donors (Lipinski definition) is 1. The van der Waals surface area contributed by atoms with Gasteiger partial charge in [0.15, 0.2) is 5.43 Å². The van der Waals surface area contributed by atoms with Gasteiger partial charge in [0, 0.05) is 22.0 Å². The van der Waals surface area contributed by atoms with Crippen molar-refractivity contribution >= 4 is 26.7 Å². The van der Waals surface area contributed by atoms with E-state index >= 15 is 0 Å². The van der Waals surface area contributed by atoms with Crippen LogP contribution in [0.25, 0.3) is 10.8 Å². The van der Waals surface area contributed by atoms with Crippen LogP contribution in [-0.2, 0) is 0 Å². The molecule has 0 saturated heterocycles. The van der Waals surface area contributed by atoms with Crippen molar-refractivity contribution in [3.63, 3.8) is 0 Å². The molecule has 2 aromatic rings. The Labute approximate surface area is 88.9 Å². The highest BCUT2D eigenvalue weighted by molar-refractivity contribution is 9.10. The molecule has 0 aliphatic carbocycles. The summed E-state index contributed by atoms with van der Waals surface area (Å²) in [4.78, 5) is 11.2. The van der Waals surface area contributed by atoms with Gasteiger partial charge in [-0.25, -0.2) is 0 Å². The van der Waals surface area contributed by atoms with Gasteiger partial charge in [0.05, 0.1) is 0 Å². The van der Waals surface area contributed by atoms with E-state index in [2.05, 4.69) is 15.9 Å². The molecule has 0 bridgehead atoms. The first-order chi connectivity index (χ1) is 6.68. The molecular weight excluding hydrogens is 244 g/mol. The van der Waals surface area contributed by atoms with Crippen LogP contribution in [0.2, 0.25) is 0 Å². The van der Waals surface area contributed by atoms with Crippen molar-refractivity contribution in [1.82, 2.24) is 0 Å². The van der Waals surface area contributed by atoms with Crippen molar-refractivity contribution in [1.29, 1.82) is 0 Å². The molecule has 0 fully saturated rings. The van der Waals surface area contributed by atoms with E-state index in [0.29, 0.717) is 9.86 Å². The number of halogens is 1. The summed E-state index contributed by atoms with van der Waals surface area (Å²) in [5, 5.41) is 11.1. The zero-order valence-corrected chi connectivity index (χ0v) is 8.78. The van der Waals surface area contributed by atoms with E-state index in [4.69, 9.17) is 0 Å². The van der Waals surface area contributed by atoms with Crippen molar-refractivity contribution in [3.8, 4) is 5.75 Å². The van der Waals surface area contributed by atoms with E-state index in [1.165, 1.54) is 12.1 Å². The quantitative estimate of drug-likeness (QED) is 0.781. The fourth-order valence-corrected chi connectivity index (χ4v) is 1.94. The lowest BCUT2D eigenvalue weighted by atomic mass is 10.2. The van der Waals surface area contributed by atoms with Gasteiger partial charge < -0.3 is 5.11 Å². The van der Waals surface area contributed by atoms with Crippen molar-refractivity contribution < 1.29 is 5.11 Å². The summed E-state index contributed by atoms with van der Waals surface area (Å²) in [7, 11) is 0. The number of fused-ring (bicyclic) bond motifs is 1. The van der Waals surface area contributed by atoms with Gasteiger partial charge in [0.1, 0.15) is 5.75 Å². The summed E-state index contributed by atoms with van der Waals surface area (Å²) in [6.07, 6.45) is 0. The van der Waals surface area contributed by atoms with E-state index in [0.717, 1.165) is 5.39 Å². The Hall–Kier alpha value is -1.35. The van der Waals surface area contributed by atoms with Gasteiger partial charge in [0.25, 0.3) is 0 Å². The third-order valence-electron chi connectivity index (χ3n) is 2.01. The third-order valence-corrected chi connectivity index (χ3v) is 2.66. The maximum absolute atomic E-state index is 11.2. The van der Waals surface area contributed by atoms with E-state index < -0.39 is 0 Å². The lowest BCUT2D eigenvalue weighted by Gasteiger charge is -1.95. The Kier molecular flexibility index (Phi) is 2.25. The SMILES string of the molecule is O=c1cc(O)c2ccccc2c(Br)c1. The van der Waals surface area contributed by atoms with Gasteiger partial charge in [-0.05, 0) is 5.39 Å². The first kappa shape index (κ1) is 9.21. The summed E-state index contributed by atoms with van der Waals surface area (Å²) >= 11 is 3.30. The summed E-state index contributed by atoms with van der Waals surface area (Å²) in [6, 6.07) is 9.96. The highest BCUT2D eigenvalue weighted by Crippen LogP contribution is 2.26. The normalized spacial score (nSPS) is 10.4. The lowest BCUT2D eigenvalue weighted by molar-refractivity contribution is 0.481. The van der Waals surface area contributed by atoms with Crippen molar-refractivity contribution in [2.45, 2.75) is 0 Å². The van der Waals surface area contributed by atoms with Crippen LogP contribution < -0.4 is 5.43 Å². The highest BCUT2D eigenvalue weighted by Gasteiger charge is 2.01. The number of aromatic hydroxyl groups is 1. The first-order valence-electron chi connectivity index (χ1n) is 4.10. The summed E-state index contributed by atoms with van der Waals surface area (Å²) in [5.41, 5.74) is -0.217. The molecule has 0 unspecified atom stereocenters. The second-order valence-corrected chi connectivity index (χ2v) is 3.82. The summed E-state index contributed by atoms with van der Waals surface area (Å²) in [5.74, 6) is 0.0105. The molecule has 2 rings (SSSR count). The molecule has 14 heavy (non-hydrogen) atoms. The molecule has 0 heterocycles. The number of rotatable bonds is 0. The van der Waals surface area contributed by atoms with Crippen molar-refractivity contribution in [2.24, 2.45) is 0 Å². The second kappa shape index (κ2) is 3.42. The van der Waals surface area contributed by atoms with Crippen LogP contribution in [0.1, 0.15) is 0 Å². The predicted molar refractivity (Wildman–Crippen MR) is 59.6 cm³/mol. The Morgan fingerprint density at radius 2 is 1.71 bits per heavy atom. The summed E-state index contributed by atoms with van der Waals surface area (Å²) < 4.78 is 0.693. The highest BCUT2D eigenvalue weighted by atomic mass is 79.9. The van der Waals surface area contributed by atoms with Crippen LogP contribution in [0, 0.1) is 0 Å². The largest absolute Gasteiger partial charge is 0.507 e. The molecule has 3 heteroatoms. The van der Waals surface area contributed by atoms with Crippen molar-refractivity contribution in [3.05, 3.63) is 51.1 Å². The molecule has 0 spiro atoms. The minimum Gasteiger partial charge on any atom is -0.507 e. The molecule has 0 amide bonds. The van der Waals surface area contributed by atoms with Gasteiger partial charge in [-0.15, -0.1) is 0 Å². The molecule has 1 N–H and O–H groups in total. The third kappa shape index (κ3) is 1.51. The predicted octanol–water partition coefficient (Wildman–Crippen LogP) is 2.67. The molecule has 70 valence electrons. The molecular formula is C11H7BrO2. The van der Waals surface area contributed by atoms with Crippen LogP contribution >= 0.6 is 15.9 Å². The van der Waals surface area contributed by atoms with Crippen LogP contribution in [0.3, 0.4) is 0 Å². The maximum Gasteiger partial charge on any atom is 0.183 e. The molecule has 0 radical (unpaired) electrons. The first-order valence-corrected chi connectivity index (χ1v) is 4.89. The topological polar surface area (TPSA) is 37.3 Å². The van der Waals surface area contributed by atoms with E-state index in [1.54, 1.807) is 6.07 Å². The van der Waals surface area contributed by atoms with E-state index in [9.17, 15) is 9.90 Å². The fraction of sp³-hybridized carbons (Fsp3) is 0. The summed E-state index contributed by atoms with van der Waals surface area (Å²) in [6.45, 7) is 0. The minimum atomic E-state index is -0.217. The maximum atomic E-state index is 11.2. The molecule has 2 aromatic carbocycles. The Morgan fingerprint density at radius 3 is 2.43 bits per heavy atom. The average molecular weight is 251 g/mol. The van der Waals surface area contributed by atoms with Gasteiger partial charge in [-0.2, -0.15) is 0 Å². The van der Waals surface area contributed by atoms with Crippen LogP contribution in [0.4, 0.5) is 0 Å². The Balaban J connectivity index is 3.09.